The van der Waals surface area contributed by atoms with Crippen LogP contribution in [0.3, 0.4) is 0 Å². The number of carboxylic acid groups (broad SMARTS) is 1. The highest BCUT2D eigenvalue weighted by Gasteiger charge is 2.32. The molecule has 0 aliphatic carbocycles. The highest BCUT2D eigenvalue weighted by molar-refractivity contribution is 7.87. The van der Waals surface area contributed by atoms with Gasteiger partial charge in [-0.25, -0.2) is 0 Å². The molecule has 0 aromatic rings. The van der Waals surface area contributed by atoms with E-state index in [4.69, 9.17) is 5.11 Å². The summed E-state index contributed by atoms with van der Waals surface area (Å²) in [6.45, 7) is 5.85. The third-order valence-electron chi connectivity index (χ3n) is 2.58. The molecule has 100 valence electrons. The van der Waals surface area contributed by atoms with Crippen molar-refractivity contribution in [3.63, 3.8) is 0 Å². The monoisotopic (exact) mass is 264 g/mol. The van der Waals surface area contributed by atoms with Crippen molar-refractivity contribution in [2.75, 3.05) is 13.1 Å². The molecular formula is C10H20N2O4S. The minimum Gasteiger partial charge on any atom is -0.481 e. The van der Waals surface area contributed by atoms with Gasteiger partial charge in [0, 0.05) is 18.6 Å². The summed E-state index contributed by atoms with van der Waals surface area (Å²) >= 11 is 0. The van der Waals surface area contributed by atoms with E-state index in [2.05, 4.69) is 4.72 Å². The van der Waals surface area contributed by atoms with Crippen LogP contribution in [-0.4, -0.2) is 42.4 Å². The van der Waals surface area contributed by atoms with Crippen LogP contribution >= 0.6 is 0 Å². The van der Waals surface area contributed by atoms with E-state index < -0.39 is 27.6 Å². The Morgan fingerprint density at radius 2 is 1.76 bits per heavy atom. The van der Waals surface area contributed by atoms with Crippen LogP contribution in [0.5, 0.6) is 0 Å². The van der Waals surface area contributed by atoms with Gasteiger partial charge < -0.3 is 5.11 Å². The van der Waals surface area contributed by atoms with Crippen LogP contribution in [0.15, 0.2) is 0 Å². The van der Waals surface area contributed by atoms with E-state index in [1.807, 2.05) is 0 Å². The fraction of sp³-hybridized carbons (Fsp3) is 0.900. The van der Waals surface area contributed by atoms with Crippen LogP contribution in [0.4, 0.5) is 0 Å². The minimum atomic E-state index is -3.50. The molecule has 2 N–H and O–H groups in total. The van der Waals surface area contributed by atoms with E-state index in [-0.39, 0.29) is 13.1 Å². The fourth-order valence-electron chi connectivity index (χ4n) is 1.79. The predicted molar refractivity (Wildman–Crippen MR) is 63.7 cm³/mol. The number of rotatable bonds is 3. The summed E-state index contributed by atoms with van der Waals surface area (Å²) in [5.74, 6) is -1.26. The number of carbonyl (C=O) groups is 1. The molecule has 7 heteroatoms. The lowest BCUT2D eigenvalue weighted by Crippen LogP contribution is -2.51. The maximum atomic E-state index is 11.9. The van der Waals surface area contributed by atoms with Crippen LogP contribution in [0.1, 0.15) is 33.6 Å². The molecule has 0 unspecified atom stereocenters. The Bertz CT molecular complexity index is 378. The number of nitrogens with one attached hydrogen (secondary N) is 1. The van der Waals surface area contributed by atoms with Crippen LogP contribution in [0, 0.1) is 5.92 Å². The molecule has 1 aliphatic rings. The number of aliphatic carboxylic acids is 1. The average molecular weight is 264 g/mol. The third-order valence-corrected chi connectivity index (χ3v) is 4.49. The minimum absolute atomic E-state index is 0.266. The summed E-state index contributed by atoms with van der Waals surface area (Å²) in [4.78, 5) is 10.8. The second-order valence-corrected chi connectivity index (χ2v) is 7.04. The van der Waals surface area contributed by atoms with Crippen molar-refractivity contribution in [2.24, 2.45) is 5.92 Å². The fourth-order valence-corrected chi connectivity index (χ4v) is 3.39. The summed E-state index contributed by atoms with van der Waals surface area (Å²) in [7, 11) is -3.50. The van der Waals surface area contributed by atoms with Gasteiger partial charge in [0.2, 0.25) is 0 Å². The Morgan fingerprint density at radius 3 is 2.12 bits per heavy atom. The second kappa shape index (κ2) is 4.91. The first-order valence-electron chi connectivity index (χ1n) is 5.64. The molecular weight excluding hydrogens is 244 g/mol. The largest absolute Gasteiger partial charge is 0.481 e. The molecule has 1 fully saturated rings. The van der Waals surface area contributed by atoms with Crippen LogP contribution < -0.4 is 4.72 Å². The maximum Gasteiger partial charge on any atom is 0.306 e. The molecule has 0 amide bonds. The summed E-state index contributed by atoms with van der Waals surface area (Å²) in [6.07, 6.45) is 0.751. The van der Waals surface area contributed by atoms with Crippen molar-refractivity contribution in [2.45, 2.75) is 39.2 Å². The van der Waals surface area contributed by atoms with Crippen molar-refractivity contribution in [3.8, 4) is 0 Å². The molecule has 0 atom stereocenters. The van der Waals surface area contributed by atoms with Gasteiger partial charge in [-0.1, -0.05) is 0 Å². The van der Waals surface area contributed by atoms with Crippen molar-refractivity contribution < 1.29 is 18.3 Å². The number of carboxylic acids is 1. The molecule has 1 heterocycles. The first-order chi connectivity index (χ1) is 7.62. The van der Waals surface area contributed by atoms with Gasteiger partial charge in [-0.05, 0) is 33.6 Å². The molecule has 17 heavy (non-hydrogen) atoms. The SMILES string of the molecule is CC(C)(C)NS(=O)(=O)N1CCC(C(=O)O)CC1. The van der Waals surface area contributed by atoms with E-state index in [1.54, 1.807) is 20.8 Å². The molecule has 0 spiro atoms. The van der Waals surface area contributed by atoms with Crippen molar-refractivity contribution in [3.05, 3.63) is 0 Å². The Morgan fingerprint density at radius 1 is 1.29 bits per heavy atom. The number of nitrogens with zero attached hydrogens (tertiary/aromatic N) is 1. The van der Waals surface area contributed by atoms with Gasteiger partial charge in [-0.15, -0.1) is 0 Å². The van der Waals surface area contributed by atoms with E-state index in [1.165, 1.54) is 4.31 Å². The predicted octanol–water partition coefficient (Wildman–Crippen LogP) is 0.416. The lowest BCUT2D eigenvalue weighted by Gasteiger charge is -2.32. The number of piperidine rings is 1. The van der Waals surface area contributed by atoms with Gasteiger partial charge in [0.15, 0.2) is 0 Å². The average Bonchev–Trinajstić information content (AvgIpc) is 2.14. The van der Waals surface area contributed by atoms with E-state index >= 15 is 0 Å². The van der Waals surface area contributed by atoms with E-state index in [9.17, 15) is 13.2 Å². The molecule has 0 aromatic heterocycles. The highest BCUT2D eigenvalue weighted by atomic mass is 32.2. The molecule has 6 nitrogen and oxygen atoms in total. The number of hydrogen-bond acceptors (Lipinski definition) is 3. The smallest absolute Gasteiger partial charge is 0.306 e. The van der Waals surface area contributed by atoms with Gasteiger partial charge in [-0.3, -0.25) is 4.79 Å². The lowest BCUT2D eigenvalue weighted by atomic mass is 9.99. The molecule has 0 saturated carbocycles. The molecule has 1 rings (SSSR count). The van der Waals surface area contributed by atoms with Crippen LogP contribution in [0.2, 0.25) is 0 Å². The van der Waals surface area contributed by atoms with E-state index in [0.29, 0.717) is 12.8 Å². The van der Waals surface area contributed by atoms with Gasteiger partial charge >= 0.3 is 5.97 Å². The van der Waals surface area contributed by atoms with Gasteiger partial charge in [0.05, 0.1) is 5.92 Å². The van der Waals surface area contributed by atoms with Gasteiger partial charge in [-0.2, -0.15) is 17.4 Å². The van der Waals surface area contributed by atoms with Crippen LogP contribution in [-0.2, 0) is 15.0 Å². The quantitative estimate of drug-likeness (QED) is 0.773. The van der Waals surface area contributed by atoms with Crippen LogP contribution in [0.25, 0.3) is 0 Å². The highest BCUT2D eigenvalue weighted by Crippen LogP contribution is 2.20. The topological polar surface area (TPSA) is 86.7 Å². The standard InChI is InChI=1S/C10H20N2O4S/c1-10(2,3)11-17(15,16)12-6-4-8(5-7-12)9(13)14/h8,11H,4-7H2,1-3H3,(H,13,14). The Labute approximate surface area is 102 Å². The molecule has 0 radical (unpaired) electrons. The van der Waals surface area contributed by atoms with E-state index in [0.717, 1.165) is 0 Å². The van der Waals surface area contributed by atoms with Gasteiger partial charge in [0.1, 0.15) is 0 Å². The lowest BCUT2D eigenvalue weighted by molar-refractivity contribution is -0.142. The van der Waals surface area contributed by atoms with Crippen molar-refractivity contribution >= 4 is 16.2 Å². The number of hydrogen-bond donors (Lipinski definition) is 2. The summed E-state index contributed by atoms with van der Waals surface area (Å²) < 4.78 is 27.8. The van der Waals surface area contributed by atoms with Gasteiger partial charge in [0.25, 0.3) is 10.2 Å². The Balaban J connectivity index is 2.62. The van der Waals surface area contributed by atoms with Crippen molar-refractivity contribution in [1.82, 2.24) is 9.03 Å². The zero-order valence-corrected chi connectivity index (χ0v) is 11.2. The zero-order chi connectivity index (χ0) is 13.3. The summed E-state index contributed by atoms with van der Waals surface area (Å²) in [5.41, 5.74) is -0.525. The molecule has 0 aromatic carbocycles. The normalized spacial score (nSPS) is 20.4. The first-order valence-corrected chi connectivity index (χ1v) is 7.08. The summed E-state index contributed by atoms with van der Waals surface area (Å²) in [5, 5.41) is 8.83. The molecule has 1 saturated heterocycles. The maximum absolute atomic E-state index is 11.9. The van der Waals surface area contributed by atoms with Crippen molar-refractivity contribution in [1.29, 1.82) is 0 Å². The Hall–Kier alpha value is -0.660. The zero-order valence-electron chi connectivity index (χ0n) is 10.4. The second-order valence-electron chi connectivity index (χ2n) is 5.37. The molecule has 1 aliphatic heterocycles. The summed E-state index contributed by atoms with van der Waals surface area (Å²) in [6, 6.07) is 0. The third kappa shape index (κ3) is 4.25. The Kier molecular flexibility index (Phi) is 4.16. The first kappa shape index (κ1) is 14.4. The molecule has 0 bridgehead atoms.